The monoisotopic (exact) mass is 321 g/mol. The molecule has 0 fully saturated rings. The van der Waals surface area contributed by atoms with Crippen molar-refractivity contribution in [2.45, 2.75) is 52.6 Å². The SMILES string of the molecule is Cc1c(C)c2c(c(C)c1O)CC[C@](C)(CC(=O)N[N+](C)(C)C)O2. The number of phenols is 1. The minimum absolute atomic E-state index is 0.0201. The second kappa shape index (κ2) is 5.71. The first-order valence-electron chi connectivity index (χ1n) is 8.07. The lowest BCUT2D eigenvalue weighted by atomic mass is 9.85. The Hall–Kier alpha value is -1.75. The summed E-state index contributed by atoms with van der Waals surface area (Å²) in [6.45, 7) is 7.78. The van der Waals surface area contributed by atoms with Crippen molar-refractivity contribution in [2.24, 2.45) is 0 Å². The van der Waals surface area contributed by atoms with Gasteiger partial charge in [-0.2, -0.15) is 0 Å². The fraction of sp³-hybridized carbons (Fsp3) is 0.611. The summed E-state index contributed by atoms with van der Waals surface area (Å²) in [7, 11) is 5.74. The van der Waals surface area contributed by atoms with Crippen molar-refractivity contribution in [3.05, 3.63) is 22.3 Å². The van der Waals surface area contributed by atoms with Crippen LogP contribution in [0.1, 0.15) is 42.0 Å². The Morgan fingerprint density at radius 3 is 2.39 bits per heavy atom. The normalized spacial score (nSPS) is 20.7. The van der Waals surface area contributed by atoms with Gasteiger partial charge in [-0.3, -0.25) is 4.79 Å². The molecule has 0 saturated heterocycles. The number of fused-ring (bicyclic) bond motifs is 1. The number of nitrogens with zero attached hydrogens (tertiary/aromatic N) is 1. The molecule has 128 valence electrons. The van der Waals surface area contributed by atoms with Crippen LogP contribution in [0.3, 0.4) is 0 Å². The van der Waals surface area contributed by atoms with Crippen LogP contribution in [0.4, 0.5) is 0 Å². The molecule has 1 aromatic rings. The summed E-state index contributed by atoms with van der Waals surface area (Å²) in [6.07, 6.45) is 1.89. The lowest BCUT2D eigenvalue weighted by Crippen LogP contribution is -2.53. The maximum absolute atomic E-state index is 12.3. The van der Waals surface area contributed by atoms with Crippen LogP contribution in [0.2, 0.25) is 0 Å². The van der Waals surface area contributed by atoms with E-state index in [9.17, 15) is 9.90 Å². The quantitative estimate of drug-likeness (QED) is 0.664. The molecule has 2 rings (SSSR count). The van der Waals surface area contributed by atoms with E-state index >= 15 is 0 Å². The number of hydrogen-bond donors (Lipinski definition) is 2. The number of ether oxygens (including phenoxy) is 1. The number of hydrogen-bond acceptors (Lipinski definition) is 3. The van der Waals surface area contributed by atoms with Gasteiger partial charge in [0.1, 0.15) is 17.1 Å². The van der Waals surface area contributed by atoms with E-state index in [1.54, 1.807) is 0 Å². The Balaban J connectivity index is 2.27. The van der Waals surface area contributed by atoms with E-state index in [2.05, 4.69) is 5.43 Å². The highest BCUT2D eigenvalue weighted by Gasteiger charge is 2.37. The number of phenolic OH excluding ortho intramolecular Hbond substituents is 1. The molecule has 1 amide bonds. The van der Waals surface area contributed by atoms with Crippen LogP contribution in [0.15, 0.2) is 0 Å². The maximum atomic E-state index is 12.3. The van der Waals surface area contributed by atoms with Crippen molar-refractivity contribution in [1.82, 2.24) is 5.43 Å². The number of carbonyl (C=O) groups is 1. The van der Waals surface area contributed by atoms with Crippen LogP contribution in [0.5, 0.6) is 11.5 Å². The molecule has 1 aliphatic rings. The lowest BCUT2D eigenvalue weighted by molar-refractivity contribution is -0.906. The first-order chi connectivity index (χ1) is 10.4. The van der Waals surface area contributed by atoms with Gasteiger partial charge in [-0.1, -0.05) is 0 Å². The third-order valence-electron chi connectivity index (χ3n) is 4.59. The van der Waals surface area contributed by atoms with Crippen LogP contribution >= 0.6 is 0 Å². The number of aromatic hydroxyl groups is 1. The molecule has 0 spiro atoms. The van der Waals surface area contributed by atoms with Gasteiger partial charge in [0.05, 0.1) is 27.6 Å². The van der Waals surface area contributed by atoms with E-state index < -0.39 is 5.60 Å². The molecule has 0 bridgehead atoms. The first kappa shape index (κ1) is 17.6. The van der Waals surface area contributed by atoms with Crippen LogP contribution in [0, 0.1) is 20.8 Å². The zero-order valence-corrected chi connectivity index (χ0v) is 15.3. The minimum atomic E-state index is -0.521. The Labute approximate surface area is 138 Å². The second-order valence-electron chi connectivity index (χ2n) is 7.81. The third kappa shape index (κ3) is 3.61. The molecule has 5 heteroatoms. The standard InChI is InChI=1S/C18H28N2O3/c1-11-12(2)17-14(13(3)16(11)22)8-9-18(4,23-17)10-15(21)19-20(5,6)7/h8-10H2,1-7H3,(H-,19,21,22)/p+1/t18-/m1/s1. The average Bonchev–Trinajstić information content (AvgIpc) is 2.40. The minimum Gasteiger partial charge on any atom is -0.507 e. The fourth-order valence-electron chi connectivity index (χ4n) is 3.17. The van der Waals surface area contributed by atoms with Gasteiger partial charge in [0.25, 0.3) is 5.91 Å². The Morgan fingerprint density at radius 1 is 1.22 bits per heavy atom. The summed E-state index contributed by atoms with van der Waals surface area (Å²) in [5, 5.41) is 10.2. The number of quaternary nitrogens is 1. The molecule has 1 aromatic carbocycles. The summed E-state index contributed by atoms with van der Waals surface area (Å²) in [5.74, 6) is 1.18. The van der Waals surface area contributed by atoms with Gasteiger partial charge in [-0.25, -0.2) is 10.0 Å². The van der Waals surface area contributed by atoms with Crippen molar-refractivity contribution < 1.29 is 19.2 Å². The molecule has 2 N–H and O–H groups in total. The molecule has 0 saturated carbocycles. The Bertz CT molecular complexity index is 647. The van der Waals surface area contributed by atoms with Crippen LogP contribution < -0.4 is 10.2 Å². The zero-order valence-electron chi connectivity index (χ0n) is 15.3. The number of carbonyl (C=O) groups excluding carboxylic acids is 1. The van der Waals surface area contributed by atoms with Gasteiger partial charge in [0, 0.05) is 5.56 Å². The predicted molar refractivity (Wildman–Crippen MR) is 90.5 cm³/mol. The van der Waals surface area contributed by atoms with Gasteiger partial charge in [0.2, 0.25) is 0 Å². The first-order valence-corrected chi connectivity index (χ1v) is 8.07. The van der Waals surface area contributed by atoms with Gasteiger partial charge < -0.3 is 9.84 Å². The predicted octanol–water partition coefficient (Wildman–Crippen LogP) is 2.53. The fourth-order valence-corrected chi connectivity index (χ4v) is 3.17. The van der Waals surface area contributed by atoms with Gasteiger partial charge in [0.15, 0.2) is 0 Å². The molecule has 0 aromatic heterocycles. The highest BCUT2D eigenvalue weighted by atomic mass is 16.5. The molecule has 0 aliphatic carbocycles. The molecule has 1 atom stereocenters. The van der Waals surface area contributed by atoms with E-state index in [4.69, 9.17) is 4.74 Å². The lowest BCUT2D eigenvalue weighted by Gasteiger charge is -2.38. The number of amides is 1. The molecule has 0 radical (unpaired) electrons. The number of benzene rings is 1. The van der Waals surface area contributed by atoms with E-state index in [1.165, 1.54) is 0 Å². The van der Waals surface area contributed by atoms with Crippen LogP contribution in [0.25, 0.3) is 0 Å². The molecular weight excluding hydrogens is 292 g/mol. The Morgan fingerprint density at radius 2 is 1.83 bits per heavy atom. The van der Waals surface area contributed by atoms with Gasteiger partial charge >= 0.3 is 0 Å². The summed E-state index contributed by atoms with van der Waals surface area (Å²) in [4.78, 5) is 12.3. The van der Waals surface area contributed by atoms with Crippen molar-refractivity contribution in [3.63, 3.8) is 0 Å². The zero-order chi connectivity index (χ0) is 17.6. The van der Waals surface area contributed by atoms with Crippen molar-refractivity contribution in [2.75, 3.05) is 21.1 Å². The van der Waals surface area contributed by atoms with Crippen molar-refractivity contribution in [3.8, 4) is 11.5 Å². The average molecular weight is 321 g/mol. The summed E-state index contributed by atoms with van der Waals surface area (Å²) in [6, 6.07) is 0. The summed E-state index contributed by atoms with van der Waals surface area (Å²) in [5.41, 5.74) is 6.18. The largest absolute Gasteiger partial charge is 0.507 e. The summed E-state index contributed by atoms with van der Waals surface area (Å²) >= 11 is 0. The smallest absolute Gasteiger partial charge is 0.268 e. The van der Waals surface area contributed by atoms with Gasteiger partial charge in [-0.05, 0) is 57.2 Å². The molecule has 5 nitrogen and oxygen atoms in total. The van der Waals surface area contributed by atoms with Crippen molar-refractivity contribution >= 4 is 5.91 Å². The number of nitrogens with one attached hydrogen (secondary N) is 1. The number of rotatable bonds is 3. The summed E-state index contributed by atoms with van der Waals surface area (Å²) < 4.78 is 6.66. The highest BCUT2D eigenvalue weighted by Crippen LogP contribution is 2.43. The van der Waals surface area contributed by atoms with E-state index in [1.807, 2.05) is 48.8 Å². The van der Waals surface area contributed by atoms with Crippen molar-refractivity contribution in [1.29, 1.82) is 0 Å². The van der Waals surface area contributed by atoms with E-state index in [0.717, 1.165) is 40.8 Å². The van der Waals surface area contributed by atoms with Gasteiger partial charge in [-0.15, -0.1) is 0 Å². The Kier molecular flexibility index (Phi) is 4.37. The van der Waals surface area contributed by atoms with E-state index in [-0.39, 0.29) is 5.91 Å². The van der Waals surface area contributed by atoms with Crippen LogP contribution in [-0.4, -0.2) is 42.3 Å². The molecule has 0 unspecified atom stereocenters. The topological polar surface area (TPSA) is 58.6 Å². The molecule has 1 aliphatic heterocycles. The second-order valence-corrected chi connectivity index (χ2v) is 7.81. The van der Waals surface area contributed by atoms with Crippen LogP contribution in [-0.2, 0) is 11.2 Å². The molecule has 23 heavy (non-hydrogen) atoms. The molecular formula is C18H29N2O3+. The van der Waals surface area contributed by atoms with E-state index in [0.29, 0.717) is 16.8 Å². The third-order valence-corrected chi connectivity index (χ3v) is 4.59. The highest BCUT2D eigenvalue weighted by molar-refractivity contribution is 5.76. The molecule has 1 heterocycles. The maximum Gasteiger partial charge on any atom is 0.268 e.